The summed E-state index contributed by atoms with van der Waals surface area (Å²) in [6.45, 7) is 6.81. The molecule has 0 fully saturated rings. The molecule has 83 valence electrons. The zero-order valence-electron chi connectivity index (χ0n) is 9.70. The highest BCUT2D eigenvalue weighted by molar-refractivity contribution is 7.97. The van der Waals surface area contributed by atoms with Crippen LogP contribution in [0.2, 0.25) is 0 Å². The van der Waals surface area contributed by atoms with E-state index in [9.17, 15) is 0 Å². The Labute approximate surface area is 98.0 Å². The molecule has 0 aliphatic carbocycles. The van der Waals surface area contributed by atoms with Gasteiger partial charge in [-0.3, -0.25) is 0 Å². The van der Waals surface area contributed by atoms with Crippen LogP contribution in [0.5, 0.6) is 0 Å². The second-order valence-corrected chi connectivity index (χ2v) is 4.74. The molecule has 0 N–H and O–H groups in total. The average Bonchev–Trinajstić information content (AvgIpc) is 2.28. The predicted octanol–water partition coefficient (Wildman–Crippen LogP) is 4.01. The van der Waals surface area contributed by atoms with Crippen LogP contribution in [0.4, 0.5) is 0 Å². The molecule has 2 heteroatoms. The number of nitrogens with zero attached hydrogens (tertiary/aromatic N) is 1. The van der Waals surface area contributed by atoms with Gasteiger partial charge in [0.05, 0.1) is 0 Å². The number of hydrogen-bond acceptors (Lipinski definition) is 2. The summed E-state index contributed by atoms with van der Waals surface area (Å²) in [7, 11) is 0. The zero-order chi connectivity index (χ0) is 10.9. The van der Waals surface area contributed by atoms with Crippen LogP contribution in [-0.2, 0) is 0 Å². The van der Waals surface area contributed by atoms with Crippen molar-refractivity contribution in [2.75, 3.05) is 13.1 Å². The van der Waals surface area contributed by atoms with E-state index in [0.29, 0.717) is 0 Å². The first kappa shape index (κ1) is 12.6. The van der Waals surface area contributed by atoms with E-state index in [1.54, 1.807) is 0 Å². The first-order chi connectivity index (χ1) is 7.36. The molecule has 0 spiro atoms. The zero-order valence-corrected chi connectivity index (χ0v) is 10.5. The minimum absolute atomic E-state index is 1.16. The van der Waals surface area contributed by atoms with Crippen molar-refractivity contribution in [2.45, 2.75) is 38.0 Å². The normalized spacial score (nSPS) is 10.9. The highest BCUT2D eigenvalue weighted by Gasteiger charge is 2.04. The predicted molar refractivity (Wildman–Crippen MR) is 67.9 cm³/mol. The number of unbranched alkanes of at least 4 members (excludes halogenated alkanes) is 1. The Morgan fingerprint density at radius 3 is 2.67 bits per heavy atom. The largest absolute Gasteiger partial charge is 0.246 e. The quantitative estimate of drug-likeness (QED) is 0.641. The van der Waals surface area contributed by atoms with Crippen molar-refractivity contribution < 1.29 is 0 Å². The summed E-state index contributed by atoms with van der Waals surface area (Å²) >= 11 is 1.83. The first-order valence-electron chi connectivity index (χ1n) is 5.76. The number of hydrogen-bond donors (Lipinski definition) is 0. The second-order valence-electron chi connectivity index (χ2n) is 3.60. The number of benzene rings is 1. The fourth-order valence-corrected chi connectivity index (χ4v) is 2.39. The Balaban J connectivity index is 2.43. The summed E-state index contributed by atoms with van der Waals surface area (Å²) < 4.78 is 2.44. The molecule has 0 unspecified atom stereocenters. The summed E-state index contributed by atoms with van der Waals surface area (Å²) in [4.78, 5) is 1.22. The van der Waals surface area contributed by atoms with E-state index in [4.69, 9.17) is 0 Å². The van der Waals surface area contributed by atoms with Gasteiger partial charge in [-0.1, -0.05) is 38.5 Å². The van der Waals surface area contributed by atoms with Crippen molar-refractivity contribution in [3.05, 3.63) is 30.3 Å². The lowest BCUT2D eigenvalue weighted by Gasteiger charge is -2.19. The second kappa shape index (κ2) is 7.77. The molecule has 0 atom stereocenters. The Kier molecular flexibility index (Phi) is 6.53. The van der Waals surface area contributed by atoms with Crippen molar-refractivity contribution >= 4 is 11.9 Å². The van der Waals surface area contributed by atoms with E-state index in [0.717, 1.165) is 6.54 Å². The molecular formula is C13H20NS. The van der Waals surface area contributed by atoms with Gasteiger partial charge in [-0.2, -0.15) is 0 Å². The molecule has 1 nitrogen and oxygen atoms in total. The smallest absolute Gasteiger partial charge is 0.0309 e. The number of rotatable bonds is 7. The van der Waals surface area contributed by atoms with E-state index >= 15 is 0 Å². The summed E-state index contributed by atoms with van der Waals surface area (Å²) in [5.74, 6) is 0. The molecule has 1 aromatic rings. The molecule has 1 radical (unpaired) electrons. The third-order valence-corrected chi connectivity index (χ3v) is 3.22. The fourth-order valence-electron chi connectivity index (χ4n) is 1.36. The van der Waals surface area contributed by atoms with Crippen molar-refractivity contribution in [1.82, 2.24) is 4.31 Å². The van der Waals surface area contributed by atoms with Gasteiger partial charge < -0.3 is 0 Å². The van der Waals surface area contributed by atoms with Gasteiger partial charge in [0, 0.05) is 18.0 Å². The van der Waals surface area contributed by atoms with Gasteiger partial charge in [0.1, 0.15) is 0 Å². The Hall–Kier alpha value is -0.470. The highest BCUT2D eigenvalue weighted by atomic mass is 32.2. The highest BCUT2D eigenvalue weighted by Crippen LogP contribution is 2.22. The molecule has 0 aliphatic heterocycles. The monoisotopic (exact) mass is 222 g/mol. The van der Waals surface area contributed by atoms with E-state index in [2.05, 4.69) is 36.4 Å². The Bertz CT molecular complexity index is 248. The minimum Gasteiger partial charge on any atom is -0.246 e. The van der Waals surface area contributed by atoms with Crippen molar-refractivity contribution in [2.24, 2.45) is 0 Å². The molecule has 15 heavy (non-hydrogen) atoms. The molecule has 0 heterocycles. The summed E-state index contributed by atoms with van der Waals surface area (Å²) in [5.41, 5.74) is 0. The molecule has 1 aromatic carbocycles. The molecule has 0 aromatic heterocycles. The van der Waals surface area contributed by atoms with Crippen LogP contribution < -0.4 is 0 Å². The Morgan fingerprint density at radius 1 is 1.20 bits per heavy atom. The first-order valence-corrected chi connectivity index (χ1v) is 6.53. The van der Waals surface area contributed by atoms with E-state index < -0.39 is 0 Å². The maximum Gasteiger partial charge on any atom is 0.0309 e. The summed E-state index contributed by atoms with van der Waals surface area (Å²) in [6, 6.07) is 11.4. The summed E-state index contributed by atoms with van der Waals surface area (Å²) in [5, 5.41) is 0. The Morgan fingerprint density at radius 2 is 2.07 bits per heavy atom. The standard InChI is InChI=1S/C13H20NS/c1-3-5-12-14(11-4-2)15-13-9-7-6-8-10-13/h6-9H,3-5,11-12H2,1-2H3. The van der Waals surface area contributed by atoms with E-state index in [-0.39, 0.29) is 0 Å². The fraction of sp³-hybridized carbons (Fsp3) is 0.538. The van der Waals surface area contributed by atoms with Gasteiger partial charge in [0.15, 0.2) is 0 Å². The van der Waals surface area contributed by atoms with Gasteiger partial charge >= 0.3 is 0 Å². The van der Waals surface area contributed by atoms with Crippen LogP contribution in [0.15, 0.2) is 29.2 Å². The third-order valence-electron chi connectivity index (χ3n) is 2.14. The van der Waals surface area contributed by atoms with Gasteiger partial charge in [-0.25, -0.2) is 4.31 Å². The average molecular weight is 222 g/mol. The lowest BCUT2D eigenvalue weighted by Crippen LogP contribution is -2.17. The maximum atomic E-state index is 3.25. The molecule has 0 saturated heterocycles. The topological polar surface area (TPSA) is 3.24 Å². The lowest BCUT2D eigenvalue weighted by molar-refractivity contribution is 0.455. The molecule has 0 aliphatic rings. The van der Waals surface area contributed by atoms with Crippen LogP contribution in [0.25, 0.3) is 0 Å². The van der Waals surface area contributed by atoms with Gasteiger partial charge in [0.25, 0.3) is 0 Å². The van der Waals surface area contributed by atoms with Gasteiger partial charge in [-0.15, -0.1) is 0 Å². The van der Waals surface area contributed by atoms with Crippen molar-refractivity contribution in [3.63, 3.8) is 0 Å². The lowest BCUT2D eigenvalue weighted by atomic mass is 10.3. The minimum atomic E-state index is 1.16. The van der Waals surface area contributed by atoms with E-state index in [1.165, 1.54) is 30.7 Å². The summed E-state index contributed by atoms with van der Waals surface area (Å²) in [6.07, 6.45) is 3.75. The SMILES string of the molecule is CCCCN(CCC)Sc1[c]cccc1. The molecule has 0 bridgehead atoms. The van der Waals surface area contributed by atoms with Crippen LogP contribution in [0.3, 0.4) is 0 Å². The van der Waals surface area contributed by atoms with Crippen LogP contribution >= 0.6 is 11.9 Å². The van der Waals surface area contributed by atoms with Crippen LogP contribution in [0, 0.1) is 6.07 Å². The van der Waals surface area contributed by atoms with Crippen LogP contribution in [0.1, 0.15) is 33.1 Å². The molecule has 0 saturated carbocycles. The van der Waals surface area contributed by atoms with Gasteiger partial charge in [0.2, 0.25) is 0 Å². The molecule has 1 rings (SSSR count). The van der Waals surface area contributed by atoms with Gasteiger partial charge in [-0.05, 0) is 36.9 Å². The molecular weight excluding hydrogens is 202 g/mol. The molecule has 0 amide bonds. The third kappa shape index (κ3) is 5.24. The maximum absolute atomic E-state index is 3.25. The van der Waals surface area contributed by atoms with Crippen molar-refractivity contribution in [1.29, 1.82) is 0 Å². The van der Waals surface area contributed by atoms with Crippen LogP contribution in [-0.4, -0.2) is 17.4 Å². The van der Waals surface area contributed by atoms with Crippen molar-refractivity contribution in [3.8, 4) is 0 Å². The van der Waals surface area contributed by atoms with E-state index in [1.807, 2.05) is 24.1 Å².